The first kappa shape index (κ1) is 13.8. The zero-order valence-corrected chi connectivity index (χ0v) is 12.3. The third-order valence-electron chi connectivity index (χ3n) is 2.45. The number of aromatic nitrogens is 1. The van der Waals surface area contributed by atoms with Gasteiger partial charge in [0.1, 0.15) is 5.75 Å². The number of phenolic OH excluding ortho intramolecular Hbond substituents is 1. The second kappa shape index (κ2) is 5.59. The summed E-state index contributed by atoms with van der Waals surface area (Å²) in [6.45, 7) is 1.84. The summed E-state index contributed by atoms with van der Waals surface area (Å²) in [7, 11) is 0. The average Bonchev–Trinajstić information content (AvgIpc) is 2.36. The molecule has 1 aromatic heterocycles. The molecule has 0 radical (unpaired) electrons. The van der Waals surface area contributed by atoms with Crippen molar-refractivity contribution in [2.75, 3.05) is 5.32 Å². The maximum absolute atomic E-state index is 12.1. The topological polar surface area (TPSA) is 62.2 Å². The Morgan fingerprint density at radius 2 is 2.16 bits per heavy atom. The third-order valence-corrected chi connectivity index (χ3v) is 3.19. The fraction of sp³-hybridized carbons (Fsp3) is 0.0769. The molecule has 1 heterocycles. The zero-order chi connectivity index (χ0) is 14.0. The highest BCUT2D eigenvalue weighted by Crippen LogP contribution is 2.25. The summed E-state index contributed by atoms with van der Waals surface area (Å²) in [4.78, 5) is 16.0. The number of hydrogen-bond acceptors (Lipinski definition) is 3. The van der Waals surface area contributed by atoms with E-state index in [1.54, 1.807) is 18.2 Å². The van der Waals surface area contributed by atoms with Crippen LogP contribution < -0.4 is 5.32 Å². The largest absolute Gasteiger partial charge is 0.507 e. The van der Waals surface area contributed by atoms with Crippen LogP contribution in [-0.2, 0) is 0 Å². The molecule has 4 nitrogen and oxygen atoms in total. The lowest BCUT2D eigenvalue weighted by Gasteiger charge is -2.09. The maximum Gasteiger partial charge on any atom is 0.259 e. The number of amides is 1. The Morgan fingerprint density at radius 3 is 2.89 bits per heavy atom. The molecule has 1 amide bonds. The Balaban J connectivity index is 2.30. The summed E-state index contributed by atoms with van der Waals surface area (Å²) in [6.07, 6.45) is 1.53. The summed E-state index contributed by atoms with van der Waals surface area (Å²) in [5.41, 5.74) is 1.44. The number of carbonyl (C=O) groups excluding carboxylic acids is 1. The first-order valence-electron chi connectivity index (χ1n) is 5.39. The van der Waals surface area contributed by atoms with Gasteiger partial charge in [-0.15, -0.1) is 0 Å². The van der Waals surface area contributed by atoms with Crippen molar-refractivity contribution in [3.8, 4) is 5.75 Å². The summed E-state index contributed by atoms with van der Waals surface area (Å²) < 4.78 is 0.695. The second-order valence-electron chi connectivity index (χ2n) is 3.97. The van der Waals surface area contributed by atoms with Crippen LogP contribution in [0.4, 0.5) is 5.69 Å². The first-order valence-corrected chi connectivity index (χ1v) is 6.56. The number of halogens is 2. The molecule has 0 bridgehead atoms. The van der Waals surface area contributed by atoms with E-state index in [1.165, 1.54) is 12.3 Å². The van der Waals surface area contributed by atoms with Gasteiger partial charge in [0.25, 0.3) is 5.91 Å². The molecule has 0 aliphatic rings. The summed E-state index contributed by atoms with van der Waals surface area (Å²) in [6, 6.07) is 6.44. The molecule has 2 N–H and O–H groups in total. The van der Waals surface area contributed by atoms with Crippen LogP contribution in [0.15, 0.2) is 34.9 Å². The molecule has 0 saturated carbocycles. The van der Waals surface area contributed by atoms with E-state index in [9.17, 15) is 9.90 Å². The molecule has 19 heavy (non-hydrogen) atoms. The number of aromatic hydroxyl groups is 1. The minimum absolute atomic E-state index is 0.0813. The highest BCUT2D eigenvalue weighted by atomic mass is 79.9. The Kier molecular flexibility index (Phi) is 4.07. The number of phenols is 1. The second-order valence-corrected chi connectivity index (χ2v) is 5.24. The van der Waals surface area contributed by atoms with Gasteiger partial charge in [-0.3, -0.25) is 4.79 Å². The number of nitrogens with one attached hydrogen (secondary N) is 1. The molecule has 0 fully saturated rings. The Morgan fingerprint density at radius 1 is 1.42 bits per heavy atom. The molecule has 2 aromatic rings. The van der Waals surface area contributed by atoms with Crippen LogP contribution in [0.2, 0.25) is 5.15 Å². The van der Waals surface area contributed by atoms with E-state index in [1.807, 2.05) is 6.92 Å². The molecule has 2 rings (SSSR count). The van der Waals surface area contributed by atoms with E-state index in [2.05, 4.69) is 26.2 Å². The highest BCUT2D eigenvalue weighted by Gasteiger charge is 2.13. The first-order chi connectivity index (χ1) is 8.97. The molecule has 0 unspecified atom stereocenters. The maximum atomic E-state index is 12.1. The van der Waals surface area contributed by atoms with Crippen molar-refractivity contribution in [2.45, 2.75) is 6.92 Å². The van der Waals surface area contributed by atoms with Crippen molar-refractivity contribution >= 4 is 39.1 Å². The lowest BCUT2D eigenvalue weighted by Crippen LogP contribution is -2.13. The standard InChI is InChI=1S/C13H10BrClN2O2/c1-7-2-3-11(18)9(4-7)13(19)17-10-5-8(14)6-16-12(10)15/h2-6,18H,1H3,(H,17,19). The fourth-order valence-corrected chi connectivity index (χ4v) is 2.01. The number of anilines is 1. The van der Waals surface area contributed by atoms with Gasteiger partial charge >= 0.3 is 0 Å². The molecular formula is C13H10BrClN2O2. The van der Waals surface area contributed by atoms with Gasteiger partial charge in [0.05, 0.1) is 11.3 Å². The minimum atomic E-state index is -0.442. The molecule has 0 saturated heterocycles. The molecule has 98 valence electrons. The SMILES string of the molecule is Cc1ccc(O)c(C(=O)Nc2cc(Br)cnc2Cl)c1. The van der Waals surface area contributed by atoms with Crippen LogP contribution in [0, 0.1) is 6.92 Å². The molecule has 0 atom stereocenters. The monoisotopic (exact) mass is 340 g/mol. The van der Waals surface area contributed by atoms with Crippen LogP contribution in [-0.4, -0.2) is 16.0 Å². The van der Waals surface area contributed by atoms with Crippen molar-refractivity contribution in [1.29, 1.82) is 0 Å². The van der Waals surface area contributed by atoms with E-state index in [0.29, 0.717) is 10.2 Å². The molecule has 0 aliphatic carbocycles. The normalized spacial score (nSPS) is 10.3. The van der Waals surface area contributed by atoms with Crippen molar-refractivity contribution in [2.24, 2.45) is 0 Å². The van der Waals surface area contributed by atoms with Gasteiger partial charge in [-0.25, -0.2) is 4.98 Å². The number of benzene rings is 1. The van der Waals surface area contributed by atoms with Crippen LogP contribution in [0.5, 0.6) is 5.75 Å². The van der Waals surface area contributed by atoms with Gasteiger partial charge in [-0.2, -0.15) is 0 Å². The van der Waals surface area contributed by atoms with E-state index in [4.69, 9.17) is 11.6 Å². The van der Waals surface area contributed by atoms with Crippen molar-refractivity contribution in [3.63, 3.8) is 0 Å². The summed E-state index contributed by atoms with van der Waals surface area (Å²) >= 11 is 9.14. The van der Waals surface area contributed by atoms with Crippen molar-refractivity contribution < 1.29 is 9.90 Å². The Labute approximate surface area is 123 Å². The molecule has 6 heteroatoms. The van der Waals surface area contributed by atoms with Gasteiger partial charge in [-0.05, 0) is 41.1 Å². The van der Waals surface area contributed by atoms with Gasteiger partial charge in [0.2, 0.25) is 0 Å². The Hall–Kier alpha value is -1.59. The van der Waals surface area contributed by atoms with E-state index >= 15 is 0 Å². The van der Waals surface area contributed by atoms with Crippen LogP contribution in [0.1, 0.15) is 15.9 Å². The molecule has 0 aliphatic heterocycles. The predicted octanol–water partition coefficient (Wildman–Crippen LogP) is 3.76. The number of rotatable bonds is 2. The molecule has 0 spiro atoms. The van der Waals surface area contributed by atoms with E-state index < -0.39 is 5.91 Å². The van der Waals surface area contributed by atoms with Crippen molar-refractivity contribution in [1.82, 2.24) is 4.98 Å². The van der Waals surface area contributed by atoms with E-state index in [-0.39, 0.29) is 16.5 Å². The van der Waals surface area contributed by atoms with E-state index in [0.717, 1.165) is 5.56 Å². The van der Waals surface area contributed by atoms with Crippen LogP contribution in [0.25, 0.3) is 0 Å². The smallest absolute Gasteiger partial charge is 0.259 e. The average molecular weight is 342 g/mol. The number of pyridine rings is 1. The minimum Gasteiger partial charge on any atom is -0.507 e. The van der Waals surface area contributed by atoms with Gasteiger partial charge in [0, 0.05) is 10.7 Å². The van der Waals surface area contributed by atoms with Crippen molar-refractivity contribution in [3.05, 3.63) is 51.2 Å². The fourth-order valence-electron chi connectivity index (χ4n) is 1.53. The van der Waals surface area contributed by atoms with Gasteiger partial charge in [0.15, 0.2) is 5.15 Å². The van der Waals surface area contributed by atoms with Crippen LogP contribution >= 0.6 is 27.5 Å². The summed E-state index contributed by atoms with van der Waals surface area (Å²) in [5, 5.41) is 12.5. The number of aryl methyl sites for hydroxylation is 1. The summed E-state index contributed by atoms with van der Waals surface area (Å²) in [5.74, 6) is -0.523. The number of nitrogens with zero attached hydrogens (tertiary/aromatic N) is 1. The lowest BCUT2D eigenvalue weighted by atomic mass is 10.1. The molecule has 1 aromatic carbocycles. The number of hydrogen-bond donors (Lipinski definition) is 2. The predicted molar refractivity (Wildman–Crippen MR) is 77.7 cm³/mol. The number of carbonyl (C=O) groups is 1. The Bertz CT molecular complexity index is 647. The zero-order valence-electron chi connectivity index (χ0n) is 9.95. The quantitative estimate of drug-likeness (QED) is 0.818. The van der Waals surface area contributed by atoms with Gasteiger partial charge < -0.3 is 10.4 Å². The van der Waals surface area contributed by atoms with Crippen LogP contribution in [0.3, 0.4) is 0 Å². The van der Waals surface area contributed by atoms with Gasteiger partial charge in [-0.1, -0.05) is 23.2 Å². The highest BCUT2D eigenvalue weighted by molar-refractivity contribution is 9.10. The third kappa shape index (κ3) is 3.24. The molecular weight excluding hydrogens is 332 g/mol. The lowest BCUT2D eigenvalue weighted by molar-refractivity contribution is 0.102.